The Balaban J connectivity index is 2.45. The van der Waals surface area contributed by atoms with Crippen LogP contribution in [0.5, 0.6) is 0 Å². The van der Waals surface area contributed by atoms with E-state index in [-0.39, 0.29) is 6.04 Å². The van der Waals surface area contributed by atoms with Crippen molar-refractivity contribution in [2.24, 2.45) is 5.73 Å². The largest absolute Gasteiger partial charge is 0.328 e. The van der Waals surface area contributed by atoms with Crippen LogP contribution in [0.25, 0.3) is 0 Å². The summed E-state index contributed by atoms with van der Waals surface area (Å²) < 4.78 is 2.63. The van der Waals surface area contributed by atoms with Crippen molar-refractivity contribution in [3.63, 3.8) is 0 Å². The number of halogens is 2. The first-order valence-corrected chi connectivity index (χ1v) is 6.78. The highest BCUT2D eigenvalue weighted by atomic mass is 35.5. The Morgan fingerprint density at radius 1 is 1.41 bits per heavy atom. The molecule has 6 heteroatoms. The van der Waals surface area contributed by atoms with Gasteiger partial charge in [-0.15, -0.1) is 11.3 Å². The summed E-state index contributed by atoms with van der Waals surface area (Å²) in [5.41, 5.74) is 7.59. The molecule has 0 amide bonds. The van der Waals surface area contributed by atoms with Gasteiger partial charge in [-0.05, 0) is 26.0 Å². The quantitative estimate of drug-likeness (QED) is 0.941. The van der Waals surface area contributed by atoms with E-state index in [0.717, 1.165) is 20.6 Å². The average molecular weight is 290 g/mol. The van der Waals surface area contributed by atoms with Gasteiger partial charge in [0.1, 0.15) is 0 Å². The lowest BCUT2D eigenvalue weighted by Crippen LogP contribution is -2.21. The Morgan fingerprint density at radius 2 is 2.12 bits per heavy atom. The number of aryl methyl sites for hydroxylation is 1. The number of nitrogens with zero attached hydrogens (tertiary/aromatic N) is 2. The minimum absolute atomic E-state index is 0.00120. The summed E-state index contributed by atoms with van der Waals surface area (Å²) in [5.74, 6) is 0. The van der Waals surface area contributed by atoms with Crippen molar-refractivity contribution < 1.29 is 0 Å². The summed E-state index contributed by atoms with van der Waals surface area (Å²) in [7, 11) is 0. The average Bonchev–Trinajstić information content (AvgIpc) is 2.82. The van der Waals surface area contributed by atoms with Gasteiger partial charge in [-0.25, -0.2) is 0 Å². The van der Waals surface area contributed by atoms with E-state index in [1.54, 1.807) is 0 Å². The zero-order valence-corrected chi connectivity index (χ0v) is 11.9. The highest BCUT2D eigenvalue weighted by Gasteiger charge is 2.19. The van der Waals surface area contributed by atoms with E-state index in [9.17, 15) is 0 Å². The third-order valence-electron chi connectivity index (χ3n) is 2.68. The van der Waals surface area contributed by atoms with Gasteiger partial charge in [0.2, 0.25) is 0 Å². The lowest BCUT2D eigenvalue weighted by molar-refractivity contribution is 0.524. The van der Waals surface area contributed by atoms with E-state index < -0.39 is 0 Å². The highest BCUT2D eigenvalue weighted by Crippen LogP contribution is 2.31. The van der Waals surface area contributed by atoms with E-state index in [4.69, 9.17) is 28.9 Å². The summed E-state index contributed by atoms with van der Waals surface area (Å²) in [4.78, 5) is 1.10. The molecule has 17 heavy (non-hydrogen) atoms. The van der Waals surface area contributed by atoms with Crippen molar-refractivity contribution in [2.75, 3.05) is 6.54 Å². The van der Waals surface area contributed by atoms with Gasteiger partial charge in [0.25, 0.3) is 0 Å². The maximum Gasteiger partial charge on any atom is 0.0986 e. The third kappa shape index (κ3) is 2.36. The van der Waals surface area contributed by atoms with Crippen molar-refractivity contribution in [3.8, 4) is 0 Å². The molecule has 2 rings (SSSR count). The summed E-state index contributed by atoms with van der Waals surface area (Å²) in [6.07, 6.45) is 0. The molecular weight excluding hydrogens is 277 g/mol. The predicted octanol–water partition coefficient (Wildman–Crippen LogP) is 3.42. The van der Waals surface area contributed by atoms with Crippen LogP contribution in [-0.2, 0) is 0 Å². The van der Waals surface area contributed by atoms with Crippen LogP contribution >= 0.6 is 34.5 Å². The van der Waals surface area contributed by atoms with Gasteiger partial charge >= 0.3 is 0 Å². The first kappa shape index (κ1) is 12.9. The van der Waals surface area contributed by atoms with Gasteiger partial charge in [-0.1, -0.05) is 23.2 Å². The van der Waals surface area contributed by atoms with Crippen LogP contribution in [-0.4, -0.2) is 16.3 Å². The summed E-state index contributed by atoms with van der Waals surface area (Å²) in [5, 5.41) is 5.13. The molecule has 2 aromatic heterocycles. The molecule has 0 bridgehead atoms. The van der Waals surface area contributed by atoms with E-state index in [2.05, 4.69) is 5.10 Å². The molecule has 1 unspecified atom stereocenters. The van der Waals surface area contributed by atoms with Crippen LogP contribution in [0.4, 0.5) is 0 Å². The number of hydrogen-bond donors (Lipinski definition) is 1. The Hall–Kier alpha value is -0.550. The molecule has 0 saturated carbocycles. The normalized spacial score (nSPS) is 13.0. The standard InChI is InChI=1S/C11H13Cl2N3S/c1-6-11(13)7(2)16(15-6)8(5-14)9-3-4-10(12)17-9/h3-4,8H,5,14H2,1-2H3. The molecule has 0 aliphatic heterocycles. The van der Waals surface area contributed by atoms with Crippen LogP contribution in [0, 0.1) is 13.8 Å². The first-order valence-electron chi connectivity index (χ1n) is 5.21. The van der Waals surface area contributed by atoms with Gasteiger partial charge in [-0.3, -0.25) is 4.68 Å². The summed E-state index contributed by atoms with van der Waals surface area (Å²) in [6, 6.07) is 3.85. The fourth-order valence-corrected chi connectivity index (χ4v) is 3.07. The third-order valence-corrected chi connectivity index (χ3v) is 4.56. The molecule has 0 saturated heterocycles. The molecule has 0 aromatic carbocycles. The molecule has 0 aliphatic carbocycles. The Bertz CT molecular complexity index is 533. The van der Waals surface area contributed by atoms with Gasteiger partial charge in [0.15, 0.2) is 0 Å². The number of aromatic nitrogens is 2. The Kier molecular flexibility index (Phi) is 3.78. The molecule has 2 aromatic rings. The second kappa shape index (κ2) is 4.98. The fraction of sp³-hybridized carbons (Fsp3) is 0.364. The molecule has 0 aliphatic rings. The Morgan fingerprint density at radius 3 is 2.53 bits per heavy atom. The van der Waals surface area contributed by atoms with Gasteiger partial charge in [0, 0.05) is 11.4 Å². The smallest absolute Gasteiger partial charge is 0.0986 e. The van der Waals surface area contributed by atoms with Gasteiger partial charge in [0.05, 0.1) is 26.8 Å². The van der Waals surface area contributed by atoms with Crippen molar-refractivity contribution in [2.45, 2.75) is 19.9 Å². The monoisotopic (exact) mass is 289 g/mol. The summed E-state index contributed by atoms with van der Waals surface area (Å²) >= 11 is 13.6. The minimum Gasteiger partial charge on any atom is -0.328 e. The van der Waals surface area contributed by atoms with E-state index in [1.165, 1.54) is 11.3 Å². The maximum absolute atomic E-state index is 6.15. The van der Waals surface area contributed by atoms with Crippen LogP contribution in [0.15, 0.2) is 12.1 Å². The van der Waals surface area contributed by atoms with Crippen LogP contribution in [0.1, 0.15) is 22.3 Å². The van der Waals surface area contributed by atoms with Crippen LogP contribution < -0.4 is 5.73 Å². The molecular formula is C11H13Cl2N3S. The van der Waals surface area contributed by atoms with Gasteiger partial charge < -0.3 is 5.73 Å². The van der Waals surface area contributed by atoms with E-state index >= 15 is 0 Å². The molecule has 0 spiro atoms. The lowest BCUT2D eigenvalue weighted by atomic mass is 10.2. The fourth-order valence-electron chi connectivity index (χ4n) is 1.79. The molecule has 92 valence electrons. The van der Waals surface area contributed by atoms with Crippen molar-refractivity contribution in [1.29, 1.82) is 0 Å². The molecule has 0 fully saturated rings. The second-order valence-electron chi connectivity index (χ2n) is 3.82. The highest BCUT2D eigenvalue weighted by molar-refractivity contribution is 7.16. The van der Waals surface area contributed by atoms with Crippen LogP contribution in [0.3, 0.4) is 0 Å². The maximum atomic E-state index is 6.15. The minimum atomic E-state index is -0.00120. The van der Waals surface area contributed by atoms with Crippen molar-refractivity contribution >= 4 is 34.5 Å². The number of hydrogen-bond acceptors (Lipinski definition) is 3. The lowest BCUT2D eigenvalue weighted by Gasteiger charge is -2.15. The predicted molar refractivity (Wildman–Crippen MR) is 73.2 cm³/mol. The molecule has 2 heterocycles. The van der Waals surface area contributed by atoms with Gasteiger partial charge in [-0.2, -0.15) is 5.10 Å². The number of thiophene rings is 1. The SMILES string of the molecule is Cc1nn(C(CN)c2ccc(Cl)s2)c(C)c1Cl. The van der Waals surface area contributed by atoms with E-state index in [1.807, 2.05) is 30.7 Å². The number of nitrogens with two attached hydrogens (primary N) is 1. The summed E-state index contributed by atoms with van der Waals surface area (Å²) in [6.45, 7) is 4.30. The molecule has 2 N–H and O–H groups in total. The van der Waals surface area contributed by atoms with Crippen molar-refractivity contribution in [3.05, 3.63) is 37.8 Å². The first-order chi connectivity index (χ1) is 8.04. The Labute approximate surface area is 114 Å². The number of rotatable bonds is 3. The van der Waals surface area contributed by atoms with Crippen LogP contribution in [0.2, 0.25) is 9.36 Å². The van der Waals surface area contributed by atoms with Crippen molar-refractivity contribution in [1.82, 2.24) is 9.78 Å². The van der Waals surface area contributed by atoms with E-state index in [0.29, 0.717) is 11.6 Å². The second-order valence-corrected chi connectivity index (χ2v) is 5.95. The molecule has 0 radical (unpaired) electrons. The zero-order chi connectivity index (χ0) is 12.6. The topological polar surface area (TPSA) is 43.8 Å². The zero-order valence-electron chi connectivity index (χ0n) is 9.58. The molecule has 3 nitrogen and oxygen atoms in total. The molecule has 1 atom stereocenters.